The van der Waals surface area contributed by atoms with Gasteiger partial charge in [0.15, 0.2) is 0 Å². The van der Waals surface area contributed by atoms with E-state index < -0.39 is 5.82 Å². The van der Waals surface area contributed by atoms with Crippen LogP contribution < -0.4 is 5.32 Å². The van der Waals surface area contributed by atoms with Crippen molar-refractivity contribution >= 4 is 33.4 Å². The zero-order valence-corrected chi connectivity index (χ0v) is 12.1. The topological polar surface area (TPSA) is 29.1 Å². The Hall–Kier alpha value is -0.610. The molecule has 1 amide bonds. The van der Waals surface area contributed by atoms with Crippen molar-refractivity contribution in [3.05, 3.63) is 34.1 Å². The van der Waals surface area contributed by atoms with Gasteiger partial charge in [0, 0.05) is 16.4 Å². The predicted molar refractivity (Wildman–Crippen MR) is 73.4 cm³/mol. The molecule has 0 aromatic heterocycles. The van der Waals surface area contributed by atoms with Gasteiger partial charge in [-0.3, -0.25) is 4.79 Å². The van der Waals surface area contributed by atoms with Crippen molar-refractivity contribution in [1.29, 1.82) is 0 Å². The van der Waals surface area contributed by atoms with E-state index in [-0.39, 0.29) is 11.9 Å². The fraction of sp³-hybridized carbons (Fsp3) is 0.462. The minimum Gasteiger partial charge on any atom is -0.349 e. The van der Waals surface area contributed by atoms with E-state index >= 15 is 0 Å². The summed E-state index contributed by atoms with van der Waals surface area (Å²) in [7, 11) is 0. The Bertz CT molecular complexity index is 455. The van der Waals surface area contributed by atoms with E-state index in [0.717, 1.165) is 19.3 Å². The van der Waals surface area contributed by atoms with E-state index in [0.29, 0.717) is 21.8 Å². The van der Waals surface area contributed by atoms with Crippen molar-refractivity contribution in [3.63, 3.8) is 0 Å². The number of hydrogen-bond donors (Lipinski definition) is 1. The number of halogens is 3. The lowest BCUT2D eigenvalue weighted by atomic mass is 10.1. The number of carbonyl (C=O) groups excluding carboxylic acids is 1. The lowest BCUT2D eigenvalue weighted by Crippen LogP contribution is -2.38. The average Bonchev–Trinajstić information content (AvgIpc) is 2.79. The summed E-state index contributed by atoms with van der Waals surface area (Å²) in [4.78, 5) is 12.1. The summed E-state index contributed by atoms with van der Waals surface area (Å²) in [5.41, 5.74) is 0.329. The van der Waals surface area contributed by atoms with Gasteiger partial charge in [-0.05, 0) is 52.9 Å². The lowest BCUT2D eigenvalue weighted by Gasteiger charge is -2.19. The summed E-state index contributed by atoms with van der Waals surface area (Å²) < 4.78 is 13.7. The largest absolute Gasteiger partial charge is 0.349 e. The van der Waals surface area contributed by atoms with Crippen molar-refractivity contribution in [2.45, 2.75) is 25.3 Å². The summed E-state index contributed by atoms with van der Waals surface area (Å²) in [5.74, 6) is 0.213. The third kappa shape index (κ3) is 3.04. The maximum Gasteiger partial charge on any atom is 0.252 e. The van der Waals surface area contributed by atoms with Gasteiger partial charge >= 0.3 is 0 Å². The summed E-state index contributed by atoms with van der Waals surface area (Å²) in [6, 6.07) is 4.20. The Balaban J connectivity index is 2.09. The normalized spacial score (nSPS) is 23.1. The summed E-state index contributed by atoms with van der Waals surface area (Å²) in [6.07, 6.45) is 3.06. The summed E-state index contributed by atoms with van der Waals surface area (Å²) in [5, 5.41) is 2.94. The van der Waals surface area contributed by atoms with Crippen LogP contribution in [0, 0.1) is 11.7 Å². The van der Waals surface area contributed by atoms with Crippen LogP contribution in [0.3, 0.4) is 0 Å². The molecule has 1 aromatic carbocycles. The molecule has 98 valence electrons. The first-order chi connectivity index (χ1) is 8.61. The Morgan fingerprint density at radius 3 is 3.00 bits per heavy atom. The smallest absolute Gasteiger partial charge is 0.252 e. The maximum atomic E-state index is 13.1. The molecule has 0 heterocycles. The Kier molecular flexibility index (Phi) is 4.62. The minimum absolute atomic E-state index is 0.102. The third-order valence-corrected chi connectivity index (χ3v) is 4.43. The molecular weight excluding hydrogens is 321 g/mol. The van der Waals surface area contributed by atoms with Crippen molar-refractivity contribution in [2.75, 3.05) is 5.88 Å². The van der Waals surface area contributed by atoms with Crippen LogP contribution in [-0.2, 0) is 0 Å². The molecule has 1 aliphatic rings. The van der Waals surface area contributed by atoms with E-state index in [9.17, 15) is 9.18 Å². The van der Waals surface area contributed by atoms with Crippen LogP contribution in [0.25, 0.3) is 0 Å². The van der Waals surface area contributed by atoms with E-state index in [1.807, 2.05) is 0 Å². The SMILES string of the molecule is O=C(NC1CCCC1CCl)c1cc(F)ccc1Br. The molecule has 0 bridgehead atoms. The molecule has 0 spiro atoms. The standard InChI is InChI=1S/C13H14BrClFNO/c14-11-5-4-9(16)6-10(11)13(18)17-12-3-1-2-8(12)7-15/h4-6,8,12H,1-3,7H2,(H,17,18). The molecule has 2 atom stereocenters. The van der Waals surface area contributed by atoms with Gasteiger partial charge < -0.3 is 5.32 Å². The van der Waals surface area contributed by atoms with Crippen LogP contribution in [0.15, 0.2) is 22.7 Å². The summed E-state index contributed by atoms with van der Waals surface area (Å²) >= 11 is 9.13. The fourth-order valence-corrected chi connectivity index (χ4v) is 3.13. The molecule has 1 fully saturated rings. The lowest BCUT2D eigenvalue weighted by molar-refractivity contribution is 0.0929. The molecule has 1 saturated carbocycles. The van der Waals surface area contributed by atoms with Gasteiger partial charge in [0.2, 0.25) is 0 Å². The number of alkyl halides is 1. The minimum atomic E-state index is -0.413. The summed E-state index contributed by atoms with van der Waals surface area (Å²) in [6.45, 7) is 0. The zero-order chi connectivity index (χ0) is 13.1. The fourth-order valence-electron chi connectivity index (χ4n) is 2.33. The average molecular weight is 335 g/mol. The molecule has 0 saturated heterocycles. The molecule has 5 heteroatoms. The highest BCUT2D eigenvalue weighted by molar-refractivity contribution is 9.10. The number of hydrogen-bond acceptors (Lipinski definition) is 1. The predicted octanol–water partition coefficient (Wildman–Crippen LogP) is 3.73. The first kappa shape index (κ1) is 13.8. The molecule has 0 aliphatic heterocycles. The van der Waals surface area contributed by atoms with Crippen LogP contribution in [-0.4, -0.2) is 17.8 Å². The molecule has 2 unspecified atom stereocenters. The van der Waals surface area contributed by atoms with E-state index in [1.54, 1.807) is 0 Å². The number of nitrogens with one attached hydrogen (secondary N) is 1. The zero-order valence-electron chi connectivity index (χ0n) is 9.76. The highest BCUT2D eigenvalue weighted by atomic mass is 79.9. The Morgan fingerprint density at radius 1 is 1.50 bits per heavy atom. The van der Waals surface area contributed by atoms with E-state index in [4.69, 9.17) is 11.6 Å². The Morgan fingerprint density at radius 2 is 2.28 bits per heavy atom. The van der Waals surface area contributed by atoms with Crippen molar-refractivity contribution in [3.8, 4) is 0 Å². The molecule has 1 aromatic rings. The third-order valence-electron chi connectivity index (χ3n) is 3.35. The highest BCUT2D eigenvalue weighted by Crippen LogP contribution is 2.27. The van der Waals surface area contributed by atoms with Crippen LogP contribution in [0.1, 0.15) is 29.6 Å². The van der Waals surface area contributed by atoms with Crippen LogP contribution in [0.2, 0.25) is 0 Å². The molecule has 1 N–H and O–H groups in total. The monoisotopic (exact) mass is 333 g/mol. The second kappa shape index (κ2) is 6.02. The van der Waals surface area contributed by atoms with Gasteiger partial charge in [-0.25, -0.2) is 4.39 Å². The molecule has 2 rings (SSSR count). The molecule has 18 heavy (non-hydrogen) atoms. The van der Waals surface area contributed by atoms with Gasteiger partial charge in [-0.2, -0.15) is 0 Å². The van der Waals surface area contributed by atoms with Gasteiger partial charge in [0.1, 0.15) is 5.82 Å². The molecular formula is C13H14BrClFNO. The van der Waals surface area contributed by atoms with Crippen LogP contribution >= 0.6 is 27.5 Å². The van der Waals surface area contributed by atoms with Crippen molar-refractivity contribution in [2.24, 2.45) is 5.92 Å². The molecule has 2 nitrogen and oxygen atoms in total. The first-order valence-electron chi connectivity index (χ1n) is 5.93. The first-order valence-corrected chi connectivity index (χ1v) is 7.26. The maximum absolute atomic E-state index is 13.1. The van der Waals surface area contributed by atoms with Gasteiger partial charge in [-0.1, -0.05) is 6.42 Å². The van der Waals surface area contributed by atoms with Crippen LogP contribution in [0.5, 0.6) is 0 Å². The highest BCUT2D eigenvalue weighted by Gasteiger charge is 2.28. The Labute approximate surface area is 119 Å². The molecule has 0 radical (unpaired) electrons. The van der Waals surface area contributed by atoms with Gasteiger partial charge in [0.05, 0.1) is 5.56 Å². The quantitative estimate of drug-likeness (QED) is 0.839. The second-order valence-electron chi connectivity index (χ2n) is 4.55. The van der Waals surface area contributed by atoms with E-state index in [2.05, 4.69) is 21.2 Å². The number of amides is 1. The van der Waals surface area contributed by atoms with Crippen molar-refractivity contribution < 1.29 is 9.18 Å². The van der Waals surface area contributed by atoms with E-state index in [1.165, 1.54) is 18.2 Å². The number of rotatable bonds is 3. The number of benzene rings is 1. The van der Waals surface area contributed by atoms with Crippen LogP contribution in [0.4, 0.5) is 4.39 Å². The van der Waals surface area contributed by atoms with Crippen molar-refractivity contribution in [1.82, 2.24) is 5.32 Å². The van der Waals surface area contributed by atoms with Gasteiger partial charge in [0.25, 0.3) is 5.91 Å². The second-order valence-corrected chi connectivity index (χ2v) is 5.71. The van der Waals surface area contributed by atoms with Gasteiger partial charge in [-0.15, -0.1) is 11.6 Å². The molecule has 1 aliphatic carbocycles. The number of carbonyl (C=O) groups is 1.